The number of hydrogen-bond donors (Lipinski definition) is 1. The Bertz CT molecular complexity index is 355. The molecule has 1 heterocycles. The third-order valence-electron chi connectivity index (χ3n) is 2.60. The zero-order valence-corrected chi connectivity index (χ0v) is 8.87. The fourth-order valence-corrected chi connectivity index (χ4v) is 1.92. The molecule has 1 N–H and O–H groups in total. The minimum Gasteiger partial charge on any atom is -0.487 e. The number of rotatable bonds is 0. The van der Waals surface area contributed by atoms with Gasteiger partial charge in [0.15, 0.2) is 0 Å². The van der Waals surface area contributed by atoms with Gasteiger partial charge in [0.05, 0.1) is 6.10 Å². The second kappa shape index (κ2) is 2.99. The molecule has 0 saturated heterocycles. The zero-order valence-electron chi connectivity index (χ0n) is 8.87. The molecule has 0 bridgehead atoms. The molecular formula is C12H16O2. The van der Waals surface area contributed by atoms with Gasteiger partial charge in [-0.1, -0.05) is 12.1 Å². The van der Waals surface area contributed by atoms with E-state index in [1.54, 1.807) is 0 Å². The fourth-order valence-electron chi connectivity index (χ4n) is 1.92. The van der Waals surface area contributed by atoms with Crippen molar-refractivity contribution in [3.63, 3.8) is 0 Å². The van der Waals surface area contributed by atoms with Gasteiger partial charge in [-0.25, -0.2) is 0 Å². The molecule has 0 amide bonds. The lowest BCUT2D eigenvalue weighted by molar-refractivity contribution is 0.0115. The van der Waals surface area contributed by atoms with Gasteiger partial charge in [0, 0.05) is 12.0 Å². The Morgan fingerprint density at radius 3 is 2.86 bits per heavy atom. The van der Waals surface area contributed by atoms with Gasteiger partial charge in [0.2, 0.25) is 0 Å². The largest absolute Gasteiger partial charge is 0.487 e. The summed E-state index contributed by atoms with van der Waals surface area (Å²) < 4.78 is 5.81. The Balaban J connectivity index is 2.46. The fraction of sp³-hybridized carbons (Fsp3) is 0.500. The van der Waals surface area contributed by atoms with E-state index in [1.165, 1.54) is 0 Å². The van der Waals surface area contributed by atoms with Crippen LogP contribution in [0.5, 0.6) is 5.75 Å². The van der Waals surface area contributed by atoms with Crippen LogP contribution >= 0.6 is 0 Å². The van der Waals surface area contributed by atoms with E-state index in [9.17, 15) is 5.11 Å². The summed E-state index contributed by atoms with van der Waals surface area (Å²) in [6.07, 6.45) is 0.262. The average Bonchev–Trinajstić information content (AvgIpc) is 2.00. The van der Waals surface area contributed by atoms with Crippen LogP contribution < -0.4 is 4.74 Å². The number of hydrogen-bond acceptors (Lipinski definition) is 2. The van der Waals surface area contributed by atoms with Crippen molar-refractivity contribution in [3.8, 4) is 5.75 Å². The van der Waals surface area contributed by atoms with E-state index in [1.807, 2.05) is 39.0 Å². The number of ether oxygens (including phenoxy) is 1. The predicted molar refractivity (Wildman–Crippen MR) is 55.5 cm³/mol. The molecule has 1 unspecified atom stereocenters. The van der Waals surface area contributed by atoms with Crippen molar-refractivity contribution in [2.24, 2.45) is 0 Å². The monoisotopic (exact) mass is 192 g/mol. The van der Waals surface area contributed by atoms with E-state index in [4.69, 9.17) is 4.74 Å². The summed E-state index contributed by atoms with van der Waals surface area (Å²) >= 11 is 0. The Hall–Kier alpha value is -1.02. The van der Waals surface area contributed by atoms with Crippen molar-refractivity contribution < 1.29 is 9.84 Å². The predicted octanol–water partition coefficient (Wildman–Crippen LogP) is 2.59. The maximum atomic E-state index is 9.91. The van der Waals surface area contributed by atoms with Gasteiger partial charge in [0.25, 0.3) is 0 Å². The zero-order chi connectivity index (χ0) is 10.3. The summed E-state index contributed by atoms with van der Waals surface area (Å²) in [6, 6.07) is 5.94. The van der Waals surface area contributed by atoms with Gasteiger partial charge in [-0.15, -0.1) is 0 Å². The first-order chi connectivity index (χ1) is 6.48. The van der Waals surface area contributed by atoms with Gasteiger partial charge >= 0.3 is 0 Å². The van der Waals surface area contributed by atoms with Crippen molar-refractivity contribution in [2.75, 3.05) is 0 Å². The summed E-state index contributed by atoms with van der Waals surface area (Å²) in [5.74, 6) is 0.828. The van der Waals surface area contributed by atoms with Crippen LogP contribution in [0.4, 0.5) is 0 Å². The van der Waals surface area contributed by atoms with Crippen LogP contribution in [0, 0.1) is 6.92 Å². The van der Waals surface area contributed by atoms with Crippen molar-refractivity contribution in [1.29, 1.82) is 0 Å². The molecule has 0 radical (unpaired) electrons. The number of aryl methyl sites for hydroxylation is 1. The standard InChI is InChI=1S/C12H16O2/c1-8-4-5-9-10(13)7-12(2,3)14-11(9)6-8/h4-6,10,13H,7H2,1-3H3. The molecule has 14 heavy (non-hydrogen) atoms. The van der Waals surface area contributed by atoms with Crippen molar-refractivity contribution in [3.05, 3.63) is 29.3 Å². The number of aliphatic hydroxyl groups excluding tert-OH is 1. The number of benzene rings is 1. The van der Waals surface area contributed by atoms with Crippen molar-refractivity contribution in [2.45, 2.75) is 38.9 Å². The van der Waals surface area contributed by atoms with Crippen LogP contribution in [0.25, 0.3) is 0 Å². The molecule has 1 atom stereocenters. The third kappa shape index (κ3) is 1.62. The Kier molecular flexibility index (Phi) is 2.04. The highest BCUT2D eigenvalue weighted by Crippen LogP contribution is 2.39. The summed E-state index contributed by atoms with van der Waals surface area (Å²) in [6.45, 7) is 6.03. The number of fused-ring (bicyclic) bond motifs is 1. The smallest absolute Gasteiger partial charge is 0.126 e. The van der Waals surface area contributed by atoms with Crippen LogP contribution in [0.2, 0.25) is 0 Å². The molecular weight excluding hydrogens is 176 g/mol. The molecule has 0 spiro atoms. The molecule has 1 aromatic carbocycles. The second-order valence-corrected chi connectivity index (χ2v) is 4.62. The van der Waals surface area contributed by atoms with Gasteiger partial charge < -0.3 is 9.84 Å². The molecule has 0 saturated carbocycles. The molecule has 1 aliphatic heterocycles. The molecule has 0 fully saturated rings. The van der Waals surface area contributed by atoms with E-state index in [0.29, 0.717) is 6.42 Å². The normalized spacial score (nSPS) is 23.9. The van der Waals surface area contributed by atoms with Crippen molar-refractivity contribution >= 4 is 0 Å². The van der Waals surface area contributed by atoms with Gasteiger partial charge in [-0.2, -0.15) is 0 Å². The molecule has 2 nitrogen and oxygen atoms in total. The van der Waals surface area contributed by atoms with E-state index in [-0.39, 0.29) is 5.60 Å². The molecule has 1 aliphatic rings. The summed E-state index contributed by atoms with van der Waals surface area (Å²) in [7, 11) is 0. The summed E-state index contributed by atoms with van der Waals surface area (Å²) in [5, 5.41) is 9.91. The molecule has 1 aromatic rings. The first kappa shape index (κ1) is 9.53. The van der Waals surface area contributed by atoms with Crippen LogP contribution in [0.15, 0.2) is 18.2 Å². The van der Waals surface area contributed by atoms with Crippen LogP contribution in [-0.4, -0.2) is 10.7 Å². The van der Waals surface area contributed by atoms with E-state index in [0.717, 1.165) is 16.9 Å². The molecule has 0 aromatic heterocycles. The molecule has 2 rings (SSSR count). The van der Waals surface area contributed by atoms with E-state index < -0.39 is 6.10 Å². The third-order valence-corrected chi connectivity index (χ3v) is 2.60. The molecule has 0 aliphatic carbocycles. The van der Waals surface area contributed by atoms with E-state index in [2.05, 4.69) is 0 Å². The van der Waals surface area contributed by atoms with Crippen molar-refractivity contribution in [1.82, 2.24) is 0 Å². The highest BCUT2D eigenvalue weighted by atomic mass is 16.5. The first-order valence-corrected chi connectivity index (χ1v) is 4.95. The van der Waals surface area contributed by atoms with Crippen LogP contribution in [0.1, 0.15) is 37.5 Å². The lowest BCUT2D eigenvalue weighted by Gasteiger charge is -2.35. The Morgan fingerprint density at radius 1 is 1.43 bits per heavy atom. The lowest BCUT2D eigenvalue weighted by atomic mass is 9.91. The lowest BCUT2D eigenvalue weighted by Crippen LogP contribution is -2.34. The first-order valence-electron chi connectivity index (χ1n) is 4.95. The second-order valence-electron chi connectivity index (χ2n) is 4.62. The molecule has 2 heteroatoms. The highest BCUT2D eigenvalue weighted by molar-refractivity contribution is 5.40. The number of aliphatic hydroxyl groups is 1. The minimum absolute atomic E-state index is 0.264. The highest BCUT2D eigenvalue weighted by Gasteiger charge is 2.32. The van der Waals surface area contributed by atoms with Gasteiger partial charge in [-0.05, 0) is 32.4 Å². The van der Waals surface area contributed by atoms with Gasteiger partial charge in [-0.3, -0.25) is 0 Å². The Labute approximate surface area is 84.5 Å². The maximum absolute atomic E-state index is 9.91. The molecule has 76 valence electrons. The Morgan fingerprint density at radius 2 is 2.14 bits per heavy atom. The average molecular weight is 192 g/mol. The quantitative estimate of drug-likeness (QED) is 0.684. The van der Waals surface area contributed by atoms with Crippen LogP contribution in [0.3, 0.4) is 0 Å². The van der Waals surface area contributed by atoms with Gasteiger partial charge in [0.1, 0.15) is 11.4 Å². The summed E-state index contributed by atoms with van der Waals surface area (Å²) in [5.41, 5.74) is 1.81. The summed E-state index contributed by atoms with van der Waals surface area (Å²) in [4.78, 5) is 0. The maximum Gasteiger partial charge on any atom is 0.126 e. The minimum atomic E-state index is -0.394. The van der Waals surface area contributed by atoms with Crippen LogP contribution in [-0.2, 0) is 0 Å². The van der Waals surface area contributed by atoms with E-state index >= 15 is 0 Å². The topological polar surface area (TPSA) is 29.5 Å². The SMILES string of the molecule is Cc1ccc2c(c1)OC(C)(C)CC2O.